The number of carbonyl (C=O) groups excluding carboxylic acids is 1. The predicted octanol–water partition coefficient (Wildman–Crippen LogP) is 6.90. The van der Waals surface area contributed by atoms with Gasteiger partial charge < -0.3 is 20.2 Å². The van der Waals surface area contributed by atoms with Crippen molar-refractivity contribution in [2.24, 2.45) is 50.2 Å². The number of hydrogen-bond acceptors (Lipinski definition) is 4. The first-order chi connectivity index (χ1) is 20.1. The van der Waals surface area contributed by atoms with Gasteiger partial charge >= 0.3 is 0 Å². The molecule has 5 heteroatoms. The fourth-order valence-corrected chi connectivity index (χ4v) is 12.4. The van der Waals surface area contributed by atoms with Gasteiger partial charge in [0.2, 0.25) is 5.91 Å². The monoisotopic (exact) mass is 596 g/mol. The van der Waals surface area contributed by atoms with Crippen molar-refractivity contribution in [1.82, 2.24) is 15.1 Å². The molecule has 1 aliphatic heterocycles. The fourth-order valence-electron chi connectivity index (χ4n) is 12.4. The van der Waals surface area contributed by atoms with Gasteiger partial charge in [-0.3, -0.25) is 4.79 Å². The van der Waals surface area contributed by atoms with Crippen molar-refractivity contribution in [2.75, 3.05) is 46.3 Å². The molecule has 6 aliphatic rings. The van der Waals surface area contributed by atoms with Gasteiger partial charge in [0.1, 0.15) is 0 Å². The zero-order valence-corrected chi connectivity index (χ0v) is 29.2. The molecule has 4 saturated carbocycles. The summed E-state index contributed by atoms with van der Waals surface area (Å²) >= 11 is 0. The van der Waals surface area contributed by atoms with Gasteiger partial charge in [-0.15, -0.1) is 0 Å². The normalized spacial score (nSPS) is 46.0. The van der Waals surface area contributed by atoms with E-state index in [2.05, 4.69) is 76.7 Å². The average molecular weight is 596 g/mol. The lowest BCUT2D eigenvalue weighted by Gasteiger charge is -2.71. The molecule has 8 atom stereocenters. The van der Waals surface area contributed by atoms with E-state index in [4.69, 9.17) is 0 Å². The fraction of sp³-hybridized carbons (Fsp3) is 0.921. The Kier molecular flexibility index (Phi) is 8.07. The molecule has 1 saturated heterocycles. The minimum atomic E-state index is -0.240. The molecule has 0 aromatic rings. The van der Waals surface area contributed by atoms with Gasteiger partial charge in [-0.1, -0.05) is 60.1 Å². The summed E-state index contributed by atoms with van der Waals surface area (Å²) in [6.07, 6.45) is 14.8. The highest BCUT2D eigenvalue weighted by Gasteiger charge is 2.69. The second-order valence-electron chi connectivity index (χ2n) is 18.5. The lowest BCUT2D eigenvalue weighted by atomic mass is 9.33. The van der Waals surface area contributed by atoms with E-state index in [0.29, 0.717) is 23.7 Å². The number of aliphatic hydroxyl groups is 1. The number of piperazine rings is 1. The van der Waals surface area contributed by atoms with E-state index in [1.54, 1.807) is 5.57 Å². The highest BCUT2D eigenvalue weighted by Crippen LogP contribution is 2.75. The molecule has 244 valence electrons. The molecule has 2 N–H and O–H groups in total. The van der Waals surface area contributed by atoms with Crippen LogP contribution in [0.1, 0.15) is 119 Å². The van der Waals surface area contributed by atoms with Crippen molar-refractivity contribution in [3.63, 3.8) is 0 Å². The second kappa shape index (κ2) is 10.8. The summed E-state index contributed by atoms with van der Waals surface area (Å²) in [4.78, 5) is 19.3. The smallest absolute Gasteiger partial charge is 0.226 e. The number of aliphatic hydroxyl groups excluding tert-OH is 1. The molecule has 6 rings (SSSR count). The van der Waals surface area contributed by atoms with Gasteiger partial charge in [-0.25, -0.2) is 0 Å². The summed E-state index contributed by atoms with van der Waals surface area (Å²) in [5.41, 5.74) is 2.34. The summed E-state index contributed by atoms with van der Waals surface area (Å²) in [6.45, 7) is 24.0. The number of allylic oxidation sites excluding steroid dienone is 2. The number of carbonyl (C=O) groups is 1. The Hall–Kier alpha value is -0.910. The Morgan fingerprint density at radius 1 is 0.907 bits per heavy atom. The number of amides is 1. The topological polar surface area (TPSA) is 55.8 Å². The van der Waals surface area contributed by atoms with E-state index in [0.717, 1.165) is 97.1 Å². The highest BCUT2D eigenvalue weighted by molar-refractivity contribution is 5.84. The molecule has 1 heterocycles. The number of hydrogen-bond donors (Lipinski definition) is 2. The van der Waals surface area contributed by atoms with Crippen LogP contribution in [-0.2, 0) is 4.79 Å². The number of fused-ring (bicyclic) bond motifs is 7. The maximum Gasteiger partial charge on any atom is 0.226 e. The SMILES string of the molecule is CN1CCN(CCCNC(=O)[C@]23CCC(C)(C)C[C@H]2C2=CC[C@@H]4[C@@]5(C)CC[C@H](O)C(C)(C)C5CC[C@@]4(C)[C@]2(C)CC3)CC1. The van der Waals surface area contributed by atoms with Crippen LogP contribution in [0.3, 0.4) is 0 Å². The van der Waals surface area contributed by atoms with Crippen molar-refractivity contribution in [1.29, 1.82) is 0 Å². The van der Waals surface area contributed by atoms with Crippen LogP contribution in [-0.4, -0.2) is 73.2 Å². The van der Waals surface area contributed by atoms with Crippen molar-refractivity contribution in [3.8, 4) is 0 Å². The maximum absolute atomic E-state index is 14.4. The molecule has 0 aromatic heterocycles. The molecular formula is C38H65N3O2. The van der Waals surface area contributed by atoms with Gasteiger partial charge in [-0.2, -0.15) is 0 Å². The van der Waals surface area contributed by atoms with Gasteiger partial charge in [0.05, 0.1) is 11.5 Å². The Labute approximate surface area is 264 Å². The number of likely N-dealkylation sites (N-methyl/N-ethyl adjacent to an activating group) is 1. The first kappa shape index (κ1) is 32.0. The third kappa shape index (κ3) is 4.91. The standard InChI is InChI=1S/C38H65N3O2/c1-33(2)16-18-38(32(43)39-20-9-21-41-24-22-40(8)23-25-41)19-17-36(6)27(28(38)26-33)10-11-30-35(5)14-13-31(42)34(3,4)29(35)12-15-37(30,36)7/h10,28-31,42H,9,11-26H2,1-8H3,(H,39,43)/t28-,29?,30+,31-,35-,36+,37+,38-/m0/s1. The number of nitrogens with zero attached hydrogens (tertiary/aromatic N) is 2. The van der Waals surface area contributed by atoms with Crippen LogP contribution in [0.4, 0.5) is 0 Å². The van der Waals surface area contributed by atoms with Crippen molar-refractivity contribution in [3.05, 3.63) is 11.6 Å². The van der Waals surface area contributed by atoms with Crippen LogP contribution in [0.2, 0.25) is 0 Å². The van der Waals surface area contributed by atoms with Gasteiger partial charge in [0.15, 0.2) is 0 Å². The lowest BCUT2D eigenvalue weighted by molar-refractivity contribution is -0.203. The van der Waals surface area contributed by atoms with Crippen molar-refractivity contribution < 1.29 is 9.90 Å². The quantitative estimate of drug-likeness (QED) is 0.268. The summed E-state index contributed by atoms with van der Waals surface area (Å²) in [5.74, 6) is 1.95. The predicted molar refractivity (Wildman–Crippen MR) is 177 cm³/mol. The van der Waals surface area contributed by atoms with Crippen LogP contribution >= 0.6 is 0 Å². The molecule has 5 aliphatic carbocycles. The second-order valence-corrected chi connectivity index (χ2v) is 18.5. The molecule has 43 heavy (non-hydrogen) atoms. The molecular weight excluding hydrogens is 530 g/mol. The van der Waals surface area contributed by atoms with E-state index >= 15 is 0 Å². The van der Waals surface area contributed by atoms with Gasteiger partial charge in [-0.05, 0) is 129 Å². The zero-order valence-electron chi connectivity index (χ0n) is 29.2. The molecule has 5 nitrogen and oxygen atoms in total. The molecule has 0 radical (unpaired) electrons. The Balaban J connectivity index is 1.24. The Bertz CT molecular complexity index is 1110. The molecule has 0 aromatic carbocycles. The molecule has 1 amide bonds. The van der Waals surface area contributed by atoms with Crippen LogP contribution in [0.5, 0.6) is 0 Å². The van der Waals surface area contributed by atoms with Gasteiger partial charge in [0, 0.05) is 32.7 Å². The third-order valence-corrected chi connectivity index (χ3v) is 15.6. The minimum absolute atomic E-state index is 0.0171. The molecule has 0 bridgehead atoms. The number of rotatable bonds is 5. The lowest BCUT2D eigenvalue weighted by Crippen LogP contribution is -2.65. The van der Waals surface area contributed by atoms with Crippen LogP contribution in [0.15, 0.2) is 11.6 Å². The summed E-state index contributed by atoms with van der Waals surface area (Å²) < 4.78 is 0. The molecule has 1 unspecified atom stereocenters. The van der Waals surface area contributed by atoms with E-state index in [9.17, 15) is 9.90 Å². The summed E-state index contributed by atoms with van der Waals surface area (Å²) in [5, 5.41) is 14.6. The van der Waals surface area contributed by atoms with E-state index < -0.39 is 0 Å². The van der Waals surface area contributed by atoms with E-state index in [1.165, 1.54) is 12.8 Å². The van der Waals surface area contributed by atoms with Gasteiger partial charge in [0.25, 0.3) is 0 Å². The average Bonchev–Trinajstić information content (AvgIpc) is 2.94. The molecule has 5 fully saturated rings. The van der Waals surface area contributed by atoms with Crippen LogP contribution in [0.25, 0.3) is 0 Å². The first-order valence-corrected chi connectivity index (χ1v) is 18.2. The summed E-state index contributed by atoms with van der Waals surface area (Å²) in [6, 6.07) is 0. The minimum Gasteiger partial charge on any atom is -0.393 e. The summed E-state index contributed by atoms with van der Waals surface area (Å²) in [7, 11) is 2.21. The Morgan fingerprint density at radius 3 is 2.33 bits per heavy atom. The van der Waals surface area contributed by atoms with Crippen molar-refractivity contribution in [2.45, 2.75) is 125 Å². The molecule has 0 spiro atoms. The maximum atomic E-state index is 14.4. The zero-order chi connectivity index (χ0) is 31.1. The van der Waals surface area contributed by atoms with Crippen LogP contribution < -0.4 is 5.32 Å². The number of nitrogens with one attached hydrogen (secondary N) is 1. The van der Waals surface area contributed by atoms with Crippen molar-refractivity contribution >= 4 is 5.91 Å². The third-order valence-electron chi connectivity index (χ3n) is 15.6. The highest BCUT2D eigenvalue weighted by atomic mass is 16.3. The van der Waals surface area contributed by atoms with E-state index in [1.807, 2.05) is 0 Å². The van der Waals surface area contributed by atoms with E-state index in [-0.39, 0.29) is 38.6 Å². The van der Waals surface area contributed by atoms with Crippen LogP contribution in [0, 0.1) is 50.2 Å². The Morgan fingerprint density at radius 2 is 1.60 bits per heavy atom. The largest absolute Gasteiger partial charge is 0.393 e. The first-order valence-electron chi connectivity index (χ1n) is 18.2.